The highest BCUT2D eigenvalue weighted by atomic mass is 32.2. The third kappa shape index (κ3) is 3.01. The molecule has 0 aliphatic carbocycles. The predicted octanol–water partition coefficient (Wildman–Crippen LogP) is 4.29. The van der Waals surface area contributed by atoms with Crippen LogP contribution in [-0.4, -0.2) is 7.11 Å². The number of methoxy groups -OCH3 is 1. The molecule has 0 amide bonds. The fourth-order valence-electron chi connectivity index (χ4n) is 1.45. The second kappa shape index (κ2) is 5.23. The lowest BCUT2D eigenvalue weighted by molar-refractivity contribution is 0.385. The molecule has 88 valence electrons. The van der Waals surface area contributed by atoms with Gasteiger partial charge in [0, 0.05) is 9.79 Å². The van der Waals surface area contributed by atoms with Crippen LogP contribution in [0.1, 0.15) is 5.56 Å². The van der Waals surface area contributed by atoms with Crippen LogP contribution in [-0.2, 0) is 0 Å². The molecule has 0 bridgehead atoms. The molecule has 3 heteroatoms. The van der Waals surface area contributed by atoms with Crippen molar-refractivity contribution < 1.29 is 9.13 Å². The number of ether oxygens (including phenoxy) is 1. The molecule has 2 aromatic rings. The summed E-state index contributed by atoms with van der Waals surface area (Å²) in [6, 6.07) is 13.1. The Kier molecular flexibility index (Phi) is 3.69. The summed E-state index contributed by atoms with van der Waals surface area (Å²) in [6.07, 6.45) is 0. The van der Waals surface area contributed by atoms with Crippen LogP contribution in [0.3, 0.4) is 0 Å². The number of hydrogen-bond donors (Lipinski definition) is 0. The molecule has 1 nitrogen and oxygen atoms in total. The van der Waals surface area contributed by atoms with E-state index in [1.54, 1.807) is 6.07 Å². The lowest BCUT2D eigenvalue weighted by Gasteiger charge is -2.05. The summed E-state index contributed by atoms with van der Waals surface area (Å²) in [4.78, 5) is 1.97. The van der Waals surface area contributed by atoms with Crippen LogP contribution in [0.25, 0.3) is 0 Å². The van der Waals surface area contributed by atoms with Gasteiger partial charge in [0.25, 0.3) is 0 Å². The zero-order valence-electron chi connectivity index (χ0n) is 9.74. The van der Waals surface area contributed by atoms with Gasteiger partial charge in [-0.15, -0.1) is 0 Å². The number of hydrogen-bond acceptors (Lipinski definition) is 2. The Balaban J connectivity index is 2.19. The van der Waals surface area contributed by atoms with Crippen LogP contribution in [0.2, 0.25) is 0 Å². The normalized spacial score (nSPS) is 10.3. The van der Waals surface area contributed by atoms with Gasteiger partial charge >= 0.3 is 0 Å². The van der Waals surface area contributed by atoms with Gasteiger partial charge in [0.15, 0.2) is 11.6 Å². The average Bonchev–Trinajstić information content (AvgIpc) is 2.32. The van der Waals surface area contributed by atoms with E-state index in [4.69, 9.17) is 4.74 Å². The highest BCUT2D eigenvalue weighted by Gasteiger charge is 2.04. The van der Waals surface area contributed by atoms with Crippen molar-refractivity contribution in [2.75, 3.05) is 7.11 Å². The molecule has 0 aliphatic heterocycles. The largest absolute Gasteiger partial charge is 0.494 e. The van der Waals surface area contributed by atoms with Crippen molar-refractivity contribution in [3.63, 3.8) is 0 Å². The van der Waals surface area contributed by atoms with Crippen molar-refractivity contribution in [3.8, 4) is 5.75 Å². The number of halogens is 1. The summed E-state index contributed by atoms with van der Waals surface area (Å²) < 4.78 is 18.4. The highest BCUT2D eigenvalue weighted by Crippen LogP contribution is 2.30. The lowest BCUT2D eigenvalue weighted by atomic mass is 10.2. The number of benzene rings is 2. The first-order valence-corrected chi connectivity index (χ1v) is 6.09. The Morgan fingerprint density at radius 3 is 2.24 bits per heavy atom. The molecule has 0 N–H and O–H groups in total. The first-order valence-electron chi connectivity index (χ1n) is 5.27. The van der Waals surface area contributed by atoms with Gasteiger partial charge in [0.2, 0.25) is 0 Å². The van der Waals surface area contributed by atoms with E-state index in [0.717, 1.165) is 9.79 Å². The van der Waals surface area contributed by atoms with Crippen molar-refractivity contribution in [1.29, 1.82) is 0 Å². The molecule has 0 radical (unpaired) electrons. The van der Waals surface area contributed by atoms with Crippen molar-refractivity contribution in [2.45, 2.75) is 16.7 Å². The standard InChI is InChI=1S/C14H13FOS/c1-10-3-5-11(6-4-10)17-12-7-8-14(16-2)13(15)9-12/h3-9H,1-2H3. The van der Waals surface area contributed by atoms with Gasteiger partial charge in [-0.05, 0) is 37.3 Å². The molecule has 17 heavy (non-hydrogen) atoms. The minimum Gasteiger partial charge on any atom is -0.494 e. The van der Waals surface area contributed by atoms with Crippen molar-refractivity contribution in [2.24, 2.45) is 0 Å². The van der Waals surface area contributed by atoms with E-state index < -0.39 is 0 Å². The molecule has 2 rings (SSSR count). The van der Waals surface area contributed by atoms with Crippen molar-refractivity contribution in [3.05, 3.63) is 53.8 Å². The van der Waals surface area contributed by atoms with Gasteiger partial charge in [-0.1, -0.05) is 29.5 Å². The molecule has 0 atom stereocenters. The van der Waals surface area contributed by atoms with Crippen LogP contribution in [0.4, 0.5) is 4.39 Å². The van der Waals surface area contributed by atoms with Gasteiger partial charge in [-0.3, -0.25) is 0 Å². The van der Waals surface area contributed by atoms with E-state index in [1.807, 2.05) is 37.3 Å². The lowest BCUT2D eigenvalue weighted by Crippen LogP contribution is -1.87. The fraction of sp³-hybridized carbons (Fsp3) is 0.143. The number of rotatable bonds is 3. The molecular weight excluding hydrogens is 235 g/mol. The van der Waals surface area contributed by atoms with Gasteiger partial charge < -0.3 is 4.74 Å². The molecule has 0 spiro atoms. The second-order valence-electron chi connectivity index (χ2n) is 3.71. The summed E-state index contributed by atoms with van der Waals surface area (Å²) in [5.41, 5.74) is 1.22. The average molecular weight is 248 g/mol. The molecule has 0 aliphatic rings. The Morgan fingerprint density at radius 2 is 1.65 bits per heavy atom. The maximum atomic E-state index is 13.5. The minimum atomic E-state index is -0.329. The van der Waals surface area contributed by atoms with E-state index in [2.05, 4.69) is 0 Å². The molecule has 2 aromatic carbocycles. The number of aryl methyl sites for hydroxylation is 1. The third-order valence-corrected chi connectivity index (χ3v) is 3.38. The van der Waals surface area contributed by atoms with Crippen LogP contribution in [0, 0.1) is 12.7 Å². The monoisotopic (exact) mass is 248 g/mol. The van der Waals surface area contributed by atoms with Crippen molar-refractivity contribution in [1.82, 2.24) is 0 Å². The van der Waals surface area contributed by atoms with Crippen LogP contribution in [0.5, 0.6) is 5.75 Å². The molecule has 0 saturated carbocycles. The Morgan fingerprint density at radius 1 is 1.00 bits per heavy atom. The topological polar surface area (TPSA) is 9.23 Å². The predicted molar refractivity (Wildman–Crippen MR) is 68.3 cm³/mol. The van der Waals surface area contributed by atoms with E-state index in [0.29, 0.717) is 0 Å². The molecule has 0 fully saturated rings. The molecule has 0 unspecified atom stereocenters. The van der Waals surface area contributed by atoms with Gasteiger partial charge in [-0.25, -0.2) is 4.39 Å². The maximum absolute atomic E-state index is 13.5. The summed E-state index contributed by atoms with van der Waals surface area (Å²) in [5.74, 6) is -0.0529. The SMILES string of the molecule is COc1ccc(Sc2ccc(C)cc2)cc1F. The summed E-state index contributed by atoms with van der Waals surface area (Å²) in [5, 5.41) is 0. The zero-order chi connectivity index (χ0) is 12.3. The van der Waals surface area contributed by atoms with Crippen molar-refractivity contribution >= 4 is 11.8 Å². The molecular formula is C14H13FOS. The van der Waals surface area contributed by atoms with E-state index in [9.17, 15) is 4.39 Å². The highest BCUT2D eigenvalue weighted by molar-refractivity contribution is 7.99. The van der Waals surface area contributed by atoms with E-state index in [1.165, 1.54) is 30.5 Å². The second-order valence-corrected chi connectivity index (χ2v) is 4.86. The quantitative estimate of drug-likeness (QED) is 0.801. The van der Waals surface area contributed by atoms with E-state index in [-0.39, 0.29) is 11.6 Å². The minimum absolute atomic E-state index is 0.276. The van der Waals surface area contributed by atoms with Crippen LogP contribution < -0.4 is 4.74 Å². The Bertz CT molecular complexity index is 508. The van der Waals surface area contributed by atoms with Gasteiger partial charge in [-0.2, -0.15) is 0 Å². The van der Waals surface area contributed by atoms with Gasteiger partial charge in [0.05, 0.1) is 7.11 Å². The smallest absolute Gasteiger partial charge is 0.166 e. The van der Waals surface area contributed by atoms with Crippen LogP contribution >= 0.6 is 11.8 Å². The molecule has 0 saturated heterocycles. The summed E-state index contributed by atoms with van der Waals surface area (Å²) in [6.45, 7) is 2.04. The molecule has 0 heterocycles. The first-order chi connectivity index (χ1) is 8.19. The maximum Gasteiger partial charge on any atom is 0.166 e. The molecule has 0 aromatic heterocycles. The Hall–Kier alpha value is -1.48. The van der Waals surface area contributed by atoms with E-state index >= 15 is 0 Å². The summed E-state index contributed by atoms with van der Waals surface area (Å²) >= 11 is 1.53. The summed E-state index contributed by atoms with van der Waals surface area (Å²) in [7, 11) is 1.46. The first kappa shape index (κ1) is 12.0. The zero-order valence-corrected chi connectivity index (χ0v) is 10.6. The third-order valence-electron chi connectivity index (χ3n) is 2.38. The Labute approximate surface area is 105 Å². The van der Waals surface area contributed by atoms with Gasteiger partial charge in [0.1, 0.15) is 0 Å². The fourth-order valence-corrected chi connectivity index (χ4v) is 2.30. The van der Waals surface area contributed by atoms with Crippen LogP contribution in [0.15, 0.2) is 52.3 Å².